The van der Waals surface area contributed by atoms with Gasteiger partial charge in [0, 0.05) is 6.54 Å². The van der Waals surface area contributed by atoms with Crippen molar-refractivity contribution in [2.45, 2.75) is 24.4 Å². The van der Waals surface area contributed by atoms with Crippen molar-refractivity contribution in [1.29, 1.82) is 0 Å². The van der Waals surface area contributed by atoms with Gasteiger partial charge in [-0.2, -0.15) is 13.2 Å². The Morgan fingerprint density at radius 2 is 1.50 bits per heavy atom. The Morgan fingerprint density at radius 3 is 2.03 bits per heavy atom. The molecule has 3 aromatic carbocycles. The summed E-state index contributed by atoms with van der Waals surface area (Å²) in [5.74, 6) is -1.20. The summed E-state index contributed by atoms with van der Waals surface area (Å²) in [6.07, 6.45) is -4.01. The molecular weight excluding hydrogens is 443 g/mol. The first-order valence-corrected chi connectivity index (χ1v) is 11.1. The van der Waals surface area contributed by atoms with Crippen LogP contribution in [-0.2, 0) is 22.6 Å². The van der Waals surface area contributed by atoms with E-state index in [0.29, 0.717) is 17.5 Å². The van der Waals surface area contributed by atoms with Gasteiger partial charge in [-0.15, -0.1) is 0 Å². The van der Waals surface area contributed by atoms with Gasteiger partial charge in [0.05, 0.1) is 16.0 Å². The third kappa shape index (κ3) is 5.54. The number of alkyl halides is 3. The minimum Gasteiger partial charge on any atom is -0.478 e. The van der Waals surface area contributed by atoms with Crippen LogP contribution in [0.15, 0.2) is 71.6 Å². The number of aryl methyl sites for hydroxylation is 1. The Bertz CT molecular complexity index is 1220. The number of sulfonamides is 1. The number of benzene rings is 3. The van der Waals surface area contributed by atoms with E-state index in [4.69, 9.17) is 5.11 Å². The molecule has 9 heteroatoms. The Balaban J connectivity index is 1.63. The monoisotopic (exact) mass is 463 g/mol. The number of carbonyl (C=O) groups is 1. The molecule has 0 aliphatic heterocycles. The summed E-state index contributed by atoms with van der Waals surface area (Å²) in [6.45, 7) is 1.68. The third-order valence-electron chi connectivity index (χ3n) is 4.95. The first-order valence-electron chi connectivity index (χ1n) is 9.57. The molecular formula is C23H20F3NO4S. The molecule has 0 amide bonds. The Morgan fingerprint density at radius 1 is 0.938 bits per heavy atom. The average molecular weight is 463 g/mol. The lowest BCUT2D eigenvalue weighted by molar-refractivity contribution is -0.137. The van der Waals surface area contributed by atoms with E-state index in [9.17, 15) is 26.4 Å². The van der Waals surface area contributed by atoms with Crippen molar-refractivity contribution in [3.63, 3.8) is 0 Å². The minimum atomic E-state index is -4.39. The van der Waals surface area contributed by atoms with E-state index < -0.39 is 27.7 Å². The Kier molecular flexibility index (Phi) is 6.71. The number of halogens is 3. The first kappa shape index (κ1) is 23.5. The summed E-state index contributed by atoms with van der Waals surface area (Å²) in [4.78, 5) is 11.1. The van der Waals surface area contributed by atoms with Crippen molar-refractivity contribution < 1.29 is 31.5 Å². The van der Waals surface area contributed by atoms with Gasteiger partial charge in [0.25, 0.3) is 0 Å². The number of hydrogen-bond acceptors (Lipinski definition) is 3. The smallest absolute Gasteiger partial charge is 0.416 e. The van der Waals surface area contributed by atoms with Crippen molar-refractivity contribution in [2.24, 2.45) is 0 Å². The van der Waals surface area contributed by atoms with Gasteiger partial charge in [-0.05, 0) is 59.9 Å². The zero-order valence-electron chi connectivity index (χ0n) is 17.0. The predicted octanol–water partition coefficient (Wildman–Crippen LogP) is 4.90. The largest absolute Gasteiger partial charge is 0.478 e. The molecule has 32 heavy (non-hydrogen) atoms. The highest BCUT2D eigenvalue weighted by Gasteiger charge is 2.29. The van der Waals surface area contributed by atoms with Crippen molar-refractivity contribution in [2.75, 3.05) is 6.54 Å². The minimum absolute atomic E-state index is 0.0771. The van der Waals surface area contributed by atoms with Crippen LogP contribution in [0.25, 0.3) is 11.1 Å². The van der Waals surface area contributed by atoms with Crippen molar-refractivity contribution in [1.82, 2.24) is 4.72 Å². The topological polar surface area (TPSA) is 83.5 Å². The fourth-order valence-electron chi connectivity index (χ4n) is 3.13. The van der Waals surface area contributed by atoms with Crippen molar-refractivity contribution in [3.05, 3.63) is 89.0 Å². The molecule has 0 fully saturated rings. The molecule has 0 saturated carbocycles. The third-order valence-corrected chi connectivity index (χ3v) is 6.41. The summed E-state index contributed by atoms with van der Waals surface area (Å²) in [5.41, 5.74) is 1.88. The molecule has 2 N–H and O–H groups in total. The lowest BCUT2D eigenvalue weighted by atomic mass is 10.0. The summed E-state index contributed by atoms with van der Waals surface area (Å²) in [5, 5.41) is 9.17. The summed E-state index contributed by atoms with van der Waals surface area (Å²) in [7, 11) is -3.88. The van der Waals surface area contributed by atoms with Crippen LogP contribution in [-0.4, -0.2) is 26.0 Å². The molecule has 0 aliphatic rings. The normalized spacial score (nSPS) is 12.0. The summed E-state index contributed by atoms with van der Waals surface area (Å²) < 4.78 is 65.4. The van der Waals surface area contributed by atoms with Crippen molar-refractivity contribution in [3.8, 4) is 11.1 Å². The molecule has 0 aromatic heterocycles. The maximum atomic E-state index is 12.7. The van der Waals surface area contributed by atoms with Crippen LogP contribution in [0.1, 0.15) is 27.0 Å². The number of hydrogen-bond donors (Lipinski definition) is 2. The highest BCUT2D eigenvalue weighted by atomic mass is 32.2. The van der Waals surface area contributed by atoms with Crippen LogP contribution < -0.4 is 4.72 Å². The highest BCUT2D eigenvalue weighted by Crippen LogP contribution is 2.31. The average Bonchev–Trinajstić information content (AvgIpc) is 2.73. The molecule has 0 bridgehead atoms. The van der Waals surface area contributed by atoms with Crippen LogP contribution in [0, 0.1) is 6.92 Å². The molecule has 0 aliphatic carbocycles. The van der Waals surface area contributed by atoms with Crippen LogP contribution >= 0.6 is 0 Å². The lowest BCUT2D eigenvalue weighted by Crippen LogP contribution is -2.26. The zero-order chi connectivity index (χ0) is 23.5. The van der Waals surface area contributed by atoms with E-state index in [-0.39, 0.29) is 17.0 Å². The molecule has 0 spiro atoms. The predicted molar refractivity (Wildman–Crippen MR) is 114 cm³/mol. The second kappa shape index (κ2) is 9.13. The summed E-state index contributed by atoms with van der Waals surface area (Å²) >= 11 is 0. The lowest BCUT2D eigenvalue weighted by Gasteiger charge is -2.10. The first-order chi connectivity index (χ1) is 15.0. The second-order valence-electron chi connectivity index (χ2n) is 7.20. The van der Waals surface area contributed by atoms with E-state index in [2.05, 4.69) is 4.72 Å². The van der Waals surface area contributed by atoms with Crippen molar-refractivity contribution >= 4 is 16.0 Å². The molecule has 0 radical (unpaired) electrons. The standard InChI is InChI=1S/C23H20F3NO4S/c1-15-2-11-20(14-21(15)22(28)29)32(30,31)27-13-12-16-3-5-17(6-4-16)18-7-9-19(10-8-18)23(24,25)26/h2-11,14,27H,12-13H2,1H3,(H,28,29). The quantitative estimate of drug-likeness (QED) is 0.522. The van der Waals surface area contributed by atoms with E-state index in [1.165, 1.54) is 24.3 Å². The van der Waals surface area contributed by atoms with Gasteiger partial charge in [-0.1, -0.05) is 42.5 Å². The van der Waals surface area contributed by atoms with Crippen LogP contribution in [0.3, 0.4) is 0 Å². The fourth-order valence-corrected chi connectivity index (χ4v) is 4.18. The van der Waals surface area contributed by atoms with Crippen LogP contribution in [0.4, 0.5) is 13.2 Å². The molecule has 0 unspecified atom stereocenters. The highest BCUT2D eigenvalue weighted by molar-refractivity contribution is 7.89. The van der Waals surface area contributed by atoms with Gasteiger partial charge in [-0.3, -0.25) is 0 Å². The molecule has 168 valence electrons. The Labute approximate surface area is 183 Å². The van der Waals surface area contributed by atoms with E-state index in [1.54, 1.807) is 31.2 Å². The SMILES string of the molecule is Cc1ccc(S(=O)(=O)NCCc2ccc(-c3ccc(C(F)(F)F)cc3)cc2)cc1C(=O)O. The van der Waals surface area contributed by atoms with Gasteiger partial charge in [0.1, 0.15) is 0 Å². The summed E-state index contributed by atoms with van der Waals surface area (Å²) in [6, 6.07) is 15.8. The number of carboxylic acid groups (broad SMARTS) is 1. The van der Waals surface area contributed by atoms with Gasteiger partial charge in [-0.25, -0.2) is 17.9 Å². The maximum absolute atomic E-state index is 12.7. The zero-order valence-corrected chi connectivity index (χ0v) is 17.8. The maximum Gasteiger partial charge on any atom is 0.416 e. The second-order valence-corrected chi connectivity index (χ2v) is 8.97. The molecule has 0 heterocycles. The molecule has 3 aromatic rings. The molecule has 0 atom stereocenters. The van der Waals surface area contributed by atoms with E-state index >= 15 is 0 Å². The van der Waals surface area contributed by atoms with Gasteiger partial charge in [0.2, 0.25) is 10.0 Å². The Hall–Kier alpha value is -3.17. The number of carboxylic acids is 1. The van der Waals surface area contributed by atoms with E-state index in [1.807, 2.05) is 0 Å². The van der Waals surface area contributed by atoms with E-state index in [0.717, 1.165) is 29.3 Å². The van der Waals surface area contributed by atoms with Gasteiger partial charge < -0.3 is 5.11 Å². The molecule has 3 rings (SSSR count). The van der Waals surface area contributed by atoms with Gasteiger partial charge >= 0.3 is 12.1 Å². The van der Waals surface area contributed by atoms with Crippen LogP contribution in [0.5, 0.6) is 0 Å². The van der Waals surface area contributed by atoms with Crippen LogP contribution in [0.2, 0.25) is 0 Å². The molecule has 0 saturated heterocycles. The van der Waals surface area contributed by atoms with Gasteiger partial charge in [0.15, 0.2) is 0 Å². The molecule has 5 nitrogen and oxygen atoms in total. The number of aromatic carboxylic acids is 1. The number of nitrogens with one attached hydrogen (secondary N) is 1. The number of rotatable bonds is 7. The fraction of sp³-hybridized carbons (Fsp3) is 0.174.